The summed E-state index contributed by atoms with van der Waals surface area (Å²) < 4.78 is 0. The lowest BCUT2D eigenvalue weighted by molar-refractivity contribution is 0.0881. The molecule has 1 fully saturated rings. The molecule has 7 heteroatoms. The molecule has 1 amide bonds. The zero-order valence-corrected chi connectivity index (χ0v) is 11.5. The van der Waals surface area contributed by atoms with Gasteiger partial charge in [-0.05, 0) is 18.8 Å². The Bertz CT molecular complexity index is 440. The predicted molar refractivity (Wildman–Crippen MR) is 72.4 cm³/mol. The number of aromatic nitrogens is 2. The summed E-state index contributed by atoms with van der Waals surface area (Å²) in [4.78, 5) is 20.8. The standard InChI is InChI=1S/C12H17ClN4O2/c1-8-3-2-4-17(12(18)19)10(8)7-16-11-14-5-9(13)6-15-11/h5-6,8,10H,2-4,7H2,1H3,(H,18,19)(H,14,15,16). The van der Waals surface area contributed by atoms with Crippen LogP contribution < -0.4 is 5.32 Å². The van der Waals surface area contributed by atoms with Crippen LogP contribution in [0.1, 0.15) is 19.8 Å². The first-order valence-electron chi connectivity index (χ1n) is 6.29. The molecule has 1 aliphatic heterocycles. The number of nitrogens with zero attached hydrogens (tertiary/aromatic N) is 3. The molecular weight excluding hydrogens is 268 g/mol. The molecule has 1 aromatic heterocycles. The quantitative estimate of drug-likeness (QED) is 0.890. The van der Waals surface area contributed by atoms with Crippen molar-refractivity contribution in [3.8, 4) is 0 Å². The van der Waals surface area contributed by atoms with E-state index in [9.17, 15) is 9.90 Å². The third-order valence-electron chi connectivity index (χ3n) is 3.45. The molecule has 19 heavy (non-hydrogen) atoms. The number of carbonyl (C=O) groups is 1. The smallest absolute Gasteiger partial charge is 0.407 e. The van der Waals surface area contributed by atoms with Crippen LogP contribution in [0, 0.1) is 5.92 Å². The third-order valence-corrected chi connectivity index (χ3v) is 3.65. The topological polar surface area (TPSA) is 78.4 Å². The van der Waals surface area contributed by atoms with Gasteiger partial charge in [-0.25, -0.2) is 14.8 Å². The molecule has 0 radical (unpaired) electrons. The Morgan fingerprint density at radius 2 is 2.26 bits per heavy atom. The van der Waals surface area contributed by atoms with Crippen molar-refractivity contribution in [3.05, 3.63) is 17.4 Å². The number of carboxylic acid groups (broad SMARTS) is 1. The van der Waals surface area contributed by atoms with E-state index in [1.165, 1.54) is 17.3 Å². The van der Waals surface area contributed by atoms with Crippen molar-refractivity contribution in [3.63, 3.8) is 0 Å². The lowest BCUT2D eigenvalue weighted by Crippen LogP contribution is -2.50. The van der Waals surface area contributed by atoms with Crippen LogP contribution in [0.2, 0.25) is 5.02 Å². The minimum absolute atomic E-state index is 0.0504. The van der Waals surface area contributed by atoms with Gasteiger partial charge in [-0.2, -0.15) is 0 Å². The van der Waals surface area contributed by atoms with Crippen LogP contribution in [0.4, 0.5) is 10.7 Å². The Hall–Kier alpha value is -1.56. The van der Waals surface area contributed by atoms with Crippen LogP contribution in [-0.4, -0.2) is 45.2 Å². The fraction of sp³-hybridized carbons (Fsp3) is 0.583. The lowest BCUT2D eigenvalue weighted by Gasteiger charge is -2.38. The van der Waals surface area contributed by atoms with Gasteiger partial charge in [-0.3, -0.25) is 0 Å². The van der Waals surface area contributed by atoms with Crippen molar-refractivity contribution < 1.29 is 9.90 Å². The predicted octanol–water partition coefficient (Wildman–Crippen LogP) is 2.32. The van der Waals surface area contributed by atoms with Gasteiger partial charge in [-0.1, -0.05) is 18.5 Å². The Kier molecular flexibility index (Phi) is 4.42. The van der Waals surface area contributed by atoms with E-state index in [1.54, 1.807) is 0 Å². The maximum atomic E-state index is 11.2. The number of rotatable bonds is 3. The summed E-state index contributed by atoms with van der Waals surface area (Å²) in [5.41, 5.74) is 0. The summed E-state index contributed by atoms with van der Waals surface area (Å²) >= 11 is 5.71. The second kappa shape index (κ2) is 6.06. The summed E-state index contributed by atoms with van der Waals surface area (Å²) in [5.74, 6) is 0.789. The molecule has 2 N–H and O–H groups in total. The van der Waals surface area contributed by atoms with E-state index in [1.807, 2.05) is 0 Å². The van der Waals surface area contributed by atoms with Gasteiger partial charge in [0.25, 0.3) is 0 Å². The van der Waals surface area contributed by atoms with Crippen molar-refractivity contribution in [2.45, 2.75) is 25.8 Å². The Balaban J connectivity index is 1.98. The number of anilines is 1. The second-order valence-electron chi connectivity index (χ2n) is 4.77. The molecule has 1 saturated heterocycles. The first-order valence-corrected chi connectivity index (χ1v) is 6.66. The summed E-state index contributed by atoms with van der Waals surface area (Å²) in [6.07, 6.45) is 4.11. The van der Waals surface area contributed by atoms with Gasteiger partial charge in [0, 0.05) is 13.1 Å². The molecule has 0 aliphatic carbocycles. The largest absolute Gasteiger partial charge is 0.465 e. The first-order chi connectivity index (χ1) is 9.08. The van der Waals surface area contributed by atoms with E-state index in [0.29, 0.717) is 30.0 Å². The van der Waals surface area contributed by atoms with Crippen molar-refractivity contribution >= 4 is 23.6 Å². The molecule has 2 unspecified atom stereocenters. The second-order valence-corrected chi connectivity index (χ2v) is 5.21. The molecule has 1 aromatic rings. The molecule has 6 nitrogen and oxygen atoms in total. The van der Waals surface area contributed by atoms with Gasteiger partial charge in [0.1, 0.15) is 0 Å². The van der Waals surface area contributed by atoms with Gasteiger partial charge in [0.2, 0.25) is 5.95 Å². The zero-order chi connectivity index (χ0) is 13.8. The van der Waals surface area contributed by atoms with Crippen molar-refractivity contribution in [2.75, 3.05) is 18.4 Å². The van der Waals surface area contributed by atoms with Crippen LogP contribution in [-0.2, 0) is 0 Å². The van der Waals surface area contributed by atoms with E-state index in [0.717, 1.165) is 12.8 Å². The maximum Gasteiger partial charge on any atom is 0.407 e. The highest BCUT2D eigenvalue weighted by molar-refractivity contribution is 6.30. The monoisotopic (exact) mass is 284 g/mol. The molecule has 0 aromatic carbocycles. The number of likely N-dealkylation sites (tertiary alicyclic amines) is 1. The van der Waals surface area contributed by atoms with Crippen LogP contribution >= 0.6 is 11.6 Å². The molecule has 2 heterocycles. The average molecular weight is 285 g/mol. The lowest BCUT2D eigenvalue weighted by atomic mass is 9.91. The molecule has 2 atom stereocenters. The minimum atomic E-state index is -0.865. The number of amides is 1. The number of nitrogens with one attached hydrogen (secondary N) is 1. The molecule has 0 saturated carbocycles. The normalized spacial score (nSPS) is 23.2. The molecule has 0 spiro atoms. The average Bonchev–Trinajstić information content (AvgIpc) is 2.39. The Morgan fingerprint density at radius 1 is 1.58 bits per heavy atom. The number of hydrogen-bond acceptors (Lipinski definition) is 4. The van der Waals surface area contributed by atoms with Gasteiger partial charge in [0.05, 0.1) is 23.5 Å². The van der Waals surface area contributed by atoms with Crippen LogP contribution in [0.25, 0.3) is 0 Å². The molecule has 0 bridgehead atoms. The minimum Gasteiger partial charge on any atom is -0.465 e. The Labute approximate surface area is 116 Å². The first kappa shape index (κ1) is 13.9. The van der Waals surface area contributed by atoms with Crippen molar-refractivity contribution in [2.24, 2.45) is 5.92 Å². The fourth-order valence-electron chi connectivity index (χ4n) is 2.40. The van der Waals surface area contributed by atoms with E-state index < -0.39 is 6.09 Å². The summed E-state index contributed by atoms with van der Waals surface area (Å²) in [7, 11) is 0. The van der Waals surface area contributed by atoms with Gasteiger partial charge in [0.15, 0.2) is 0 Å². The zero-order valence-electron chi connectivity index (χ0n) is 10.7. The highest BCUT2D eigenvalue weighted by Gasteiger charge is 2.31. The van der Waals surface area contributed by atoms with Gasteiger partial charge >= 0.3 is 6.09 Å². The maximum absolute atomic E-state index is 11.2. The van der Waals surface area contributed by atoms with E-state index in [2.05, 4.69) is 22.2 Å². The van der Waals surface area contributed by atoms with Gasteiger partial charge < -0.3 is 15.3 Å². The van der Waals surface area contributed by atoms with E-state index in [4.69, 9.17) is 11.6 Å². The number of halogens is 1. The highest BCUT2D eigenvalue weighted by atomic mass is 35.5. The van der Waals surface area contributed by atoms with E-state index in [-0.39, 0.29) is 6.04 Å². The Morgan fingerprint density at radius 3 is 2.89 bits per heavy atom. The third kappa shape index (κ3) is 3.47. The van der Waals surface area contributed by atoms with E-state index >= 15 is 0 Å². The summed E-state index contributed by atoms with van der Waals surface area (Å²) in [5, 5.41) is 12.8. The van der Waals surface area contributed by atoms with Gasteiger partial charge in [-0.15, -0.1) is 0 Å². The number of hydrogen-bond donors (Lipinski definition) is 2. The van der Waals surface area contributed by atoms with Crippen LogP contribution in [0.3, 0.4) is 0 Å². The molecule has 104 valence electrons. The fourth-order valence-corrected chi connectivity index (χ4v) is 2.49. The van der Waals surface area contributed by atoms with Crippen molar-refractivity contribution in [1.82, 2.24) is 14.9 Å². The SMILES string of the molecule is CC1CCCN(C(=O)O)C1CNc1ncc(Cl)cn1. The molecule has 1 aliphatic rings. The van der Waals surface area contributed by atoms with Crippen molar-refractivity contribution in [1.29, 1.82) is 0 Å². The van der Waals surface area contributed by atoms with Crippen LogP contribution in [0.5, 0.6) is 0 Å². The van der Waals surface area contributed by atoms with Crippen LogP contribution in [0.15, 0.2) is 12.4 Å². The summed E-state index contributed by atoms with van der Waals surface area (Å²) in [6.45, 7) is 3.17. The summed E-state index contributed by atoms with van der Waals surface area (Å²) in [6, 6.07) is -0.0504. The molecule has 2 rings (SSSR count). The highest BCUT2D eigenvalue weighted by Crippen LogP contribution is 2.23. The number of piperidine rings is 1. The molecular formula is C12H17ClN4O2.